The smallest absolute Gasteiger partial charge is 0.146 e. The molecule has 2 aliphatic carbocycles. The van der Waals surface area contributed by atoms with Crippen molar-refractivity contribution in [3.63, 3.8) is 0 Å². The lowest BCUT2D eigenvalue weighted by Gasteiger charge is -2.41. The summed E-state index contributed by atoms with van der Waals surface area (Å²) in [7, 11) is 0. The van der Waals surface area contributed by atoms with E-state index in [4.69, 9.17) is 16.6 Å². The van der Waals surface area contributed by atoms with Gasteiger partial charge in [-0.05, 0) is 66.5 Å². The minimum atomic E-state index is 0.572. The lowest BCUT2D eigenvalue weighted by atomic mass is 9.64. The topological polar surface area (TPSA) is 25.8 Å². The van der Waals surface area contributed by atoms with E-state index in [0.717, 1.165) is 33.3 Å². The van der Waals surface area contributed by atoms with Crippen molar-refractivity contribution in [1.29, 1.82) is 0 Å². The van der Waals surface area contributed by atoms with Gasteiger partial charge in [0.2, 0.25) is 0 Å². The van der Waals surface area contributed by atoms with Crippen molar-refractivity contribution in [3.8, 4) is 0 Å². The van der Waals surface area contributed by atoms with Gasteiger partial charge in [-0.2, -0.15) is 0 Å². The second-order valence-electron chi connectivity index (χ2n) is 5.89. The van der Waals surface area contributed by atoms with Gasteiger partial charge < -0.3 is 0 Å². The predicted molar refractivity (Wildman–Crippen MR) is 86.6 cm³/mol. The molecule has 2 saturated carbocycles. The maximum Gasteiger partial charge on any atom is 0.146 e. The van der Waals surface area contributed by atoms with Crippen LogP contribution in [0.5, 0.6) is 0 Å². The molecule has 104 valence electrons. The fourth-order valence-corrected chi connectivity index (χ4v) is 4.09. The Balaban J connectivity index is 1.94. The van der Waals surface area contributed by atoms with E-state index >= 15 is 0 Å². The molecular formula is C15H20ClIN2. The number of nitrogens with zero attached hydrogens (tertiary/aromatic N) is 2. The largest absolute Gasteiger partial charge is 0.236 e. The number of hydrogen-bond donors (Lipinski definition) is 0. The molecule has 1 aromatic rings. The summed E-state index contributed by atoms with van der Waals surface area (Å²) in [4.78, 5) is 9.49. The highest BCUT2D eigenvalue weighted by atomic mass is 127. The zero-order valence-electron chi connectivity index (χ0n) is 11.3. The van der Waals surface area contributed by atoms with Gasteiger partial charge >= 0.3 is 0 Å². The molecule has 0 unspecified atom stereocenters. The van der Waals surface area contributed by atoms with Crippen molar-refractivity contribution in [2.75, 3.05) is 0 Å². The molecule has 2 fully saturated rings. The minimum Gasteiger partial charge on any atom is -0.236 e. The fourth-order valence-electron chi connectivity index (χ4n) is 3.27. The SMILES string of the molecule is CCc1nc(C(C2CCC2)C2CCC2)nc(Cl)c1I. The molecule has 0 saturated heterocycles. The van der Waals surface area contributed by atoms with Crippen LogP contribution >= 0.6 is 34.2 Å². The number of rotatable bonds is 4. The Morgan fingerprint density at radius 3 is 2.16 bits per heavy atom. The monoisotopic (exact) mass is 390 g/mol. The number of aryl methyl sites for hydroxylation is 1. The molecule has 0 spiro atoms. The molecule has 0 radical (unpaired) electrons. The minimum absolute atomic E-state index is 0.572. The Hall–Kier alpha value is 0.100. The second-order valence-corrected chi connectivity index (χ2v) is 7.33. The van der Waals surface area contributed by atoms with Gasteiger partial charge in [-0.3, -0.25) is 0 Å². The maximum absolute atomic E-state index is 6.31. The van der Waals surface area contributed by atoms with Crippen molar-refractivity contribution in [3.05, 3.63) is 20.2 Å². The van der Waals surface area contributed by atoms with Crippen molar-refractivity contribution < 1.29 is 0 Å². The molecule has 2 aliphatic rings. The van der Waals surface area contributed by atoms with Crippen LogP contribution in [-0.2, 0) is 6.42 Å². The van der Waals surface area contributed by atoms with Gasteiger partial charge in [0.05, 0.1) is 9.26 Å². The summed E-state index contributed by atoms with van der Waals surface area (Å²) in [5, 5.41) is 0.658. The van der Waals surface area contributed by atoms with E-state index in [-0.39, 0.29) is 0 Å². The third-order valence-corrected chi connectivity index (χ3v) is 6.57. The Morgan fingerprint density at radius 2 is 1.74 bits per heavy atom. The molecule has 1 aromatic heterocycles. The Morgan fingerprint density at radius 1 is 1.16 bits per heavy atom. The summed E-state index contributed by atoms with van der Waals surface area (Å²) in [6.45, 7) is 2.15. The quantitative estimate of drug-likeness (QED) is 0.535. The highest BCUT2D eigenvalue weighted by Gasteiger charge is 2.39. The Bertz CT molecular complexity index is 455. The van der Waals surface area contributed by atoms with Crippen LogP contribution in [0.3, 0.4) is 0 Å². The van der Waals surface area contributed by atoms with E-state index < -0.39 is 0 Å². The molecular weight excluding hydrogens is 371 g/mol. The normalized spacial score (nSPS) is 20.4. The van der Waals surface area contributed by atoms with Gasteiger partial charge in [-0.1, -0.05) is 31.4 Å². The van der Waals surface area contributed by atoms with Gasteiger partial charge in [-0.25, -0.2) is 9.97 Å². The van der Waals surface area contributed by atoms with Crippen molar-refractivity contribution >= 4 is 34.2 Å². The van der Waals surface area contributed by atoms with E-state index in [1.165, 1.54) is 38.5 Å². The summed E-state index contributed by atoms with van der Waals surface area (Å²) in [5.74, 6) is 3.23. The number of hydrogen-bond acceptors (Lipinski definition) is 2. The third-order valence-electron chi connectivity index (χ3n) is 4.85. The molecule has 1 heterocycles. The summed E-state index contributed by atoms with van der Waals surface area (Å²) < 4.78 is 1.03. The molecule has 0 bridgehead atoms. The van der Waals surface area contributed by atoms with E-state index in [2.05, 4.69) is 34.5 Å². The Labute approximate surface area is 133 Å². The van der Waals surface area contributed by atoms with Crippen molar-refractivity contribution in [1.82, 2.24) is 9.97 Å². The average molecular weight is 391 g/mol. The highest BCUT2D eigenvalue weighted by Crippen LogP contribution is 2.49. The second kappa shape index (κ2) is 5.84. The molecule has 3 rings (SSSR count). The summed E-state index contributed by atoms with van der Waals surface area (Å²) in [5.41, 5.74) is 1.12. The Kier molecular flexibility index (Phi) is 4.32. The zero-order valence-corrected chi connectivity index (χ0v) is 14.2. The van der Waals surface area contributed by atoms with E-state index in [1.807, 2.05) is 0 Å². The third kappa shape index (κ3) is 2.65. The van der Waals surface area contributed by atoms with E-state index in [0.29, 0.717) is 11.1 Å². The first kappa shape index (κ1) is 14.1. The molecule has 0 aromatic carbocycles. The van der Waals surface area contributed by atoms with E-state index in [9.17, 15) is 0 Å². The van der Waals surface area contributed by atoms with Gasteiger partial charge in [-0.15, -0.1) is 0 Å². The highest BCUT2D eigenvalue weighted by molar-refractivity contribution is 14.1. The molecule has 19 heavy (non-hydrogen) atoms. The van der Waals surface area contributed by atoms with Crippen LogP contribution in [0.25, 0.3) is 0 Å². The molecule has 2 nitrogen and oxygen atoms in total. The first-order chi connectivity index (χ1) is 9.20. The molecule has 0 aliphatic heterocycles. The molecule has 0 N–H and O–H groups in total. The first-order valence-electron chi connectivity index (χ1n) is 7.42. The van der Waals surface area contributed by atoms with Crippen molar-refractivity contribution in [2.45, 2.75) is 57.8 Å². The zero-order chi connectivity index (χ0) is 13.4. The van der Waals surface area contributed by atoms with Gasteiger partial charge in [0.25, 0.3) is 0 Å². The van der Waals surface area contributed by atoms with Crippen LogP contribution in [0, 0.1) is 15.4 Å². The lowest BCUT2D eigenvalue weighted by molar-refractivity contribution is 0.143. The number of aromatic nitrogens is 2. The number of halogens is 2. The predicted octanol–water partition coefficient (Wildman–Crippen LogP) is 4.98. The summed E-state index contributed by atoms with van der Waals surface area (Å²) >= 11 is 8.58. The summed E-state index contributed by atoms with van der Waals surface area (Å²) in [6, 6.07) is 0. The molecule has 4 heteroatoms. The van der Waals surface area contributed by atoms with Crippen LogP contribution < -0.4 is 0 Å². The van der Waals surface area contributed by atoms with Crippen molar-refractivity contribution in [2.24, 2.45) is 11.8 Å². The van der Waals surface area contributed by atoms with Crippen LogP contribution in [-0.4, -0.2) is 9.97 Å². The average Bonchev–Trinajstić information content (AvgIpc) is 2.27. The van der Waals surface area contributed by atoms with Crippen LogP contribution in [0.15, 0.2) is 0 Å². The molecule has 0 amide bonds. The maximum atomic E-state index is 6.31. The van der Waals surface area contributed by atoms with Crippen LogP contribution in [0.1, 0.15) is 62.9 Å². The summed E-state index contributed by atoms with van der Waals surface area (Å²) in [6.07, 6.45) is 9.13. The fraction of sp³-hybridized carbons (Fsp3) is 0.733. The molecule has 0 atom stereocenters. The van der Waals surface area contributed by atoms with Gasteiger partial charge in [0.1, 0.15) is 11.0 Å². The lowest BCUT2D eigenvalue weighted by Crippen LogP contribution is -2.32. The first-order valence-corrected chi connectivity index (χ1v) is 8.88. The van der Waals surface area contributed by atoms with Gasteiger partial charge in [0, 0.05) is 5.92 Å². The van der Waals surface area contributed by atoms with Crippen LogP contribution in [0.4, 0.5) is 0 Å². The standard InChI is InChI=1S/C15H20ClIN2/c1-2-11-13(17)14(16)19-15(18-11)12(9-5-3-6-9)10-7-4-8-10/h9-10,12H,2-8H2,1H3. The van der Waals surface area contributed by atoms with Crippen LogP contribution in [0.2, 0.25) is 5.15 Å². The van der Waals surface area contributed by atoms with E-state index in [1.54, 1.807) is 0 Å². The van der Waals surface area contributed by atoms with Gasteiger partial charge in [0.15, 0.2) is 0 Å².